The molecule has 94 valence electrons. The van der Waals surface area contributed by atoms with Crippen molar-refractivity contribution in [2.24, 2.45) is 0 Å². The van der Waals surface area contributed by atoms with Crippen molar-refractivity contribution in [2.75, 3.05) is 20.6 Å². The van der Waals surface area contributed by atoms with Crippen LogP contribution in [0.15, 0.2) is 24.3 Å². The summed E-state index contributed by atoms with van der Waals surface area (Å²) in [5.41, 5.74) is 2.52. The highest BCUT2D eigenvalue weighted by Crippen LogP contribution is 2.12. The molecular weight excluding hydrogens is 212 g/mol. The van der Waals surface area contributed by atoms with Gasteiger partial charge in [-0.2, -0.15) is 0 Å². The maximum Gasteiger partial charge on any atom is 0.223 e. The van der Waals surface area contributed by atoms with E-state index in [0.29, 0.717) is 13.0 Å². The largest absolute Gasteiger partial charge is 0.349 e. The van der Waals surface area contributed by atoms with Gasteiger partial charge in [-0.3, -0.25) is 4.79 Å². The van der Waals surface area contributed by atoms with Crippen molar-refractivity contribution < 1.29 is 4.79 Å². The third-order valence-corrected chi connectivity index (χ3v) is 2.87. The van der Waals surface area contributed by atoms with Crippen LogP contribution >= 0.6 is 0 Å². The SMILES string of the molecule is Cc1ccc([C@@H](C)NCCC(=O)N(C)C)cc1. The minimum Gasteiger partial charge on any atom is -0.349 e. The molecule has 3 heteroatoms. The molecule has 0 saturated heterocycles. The van der Waals surface area contributed by atoms with Crippen molar-refractivity contribution in [3.8, 4) is 0 Å². The van der Waals surface area contributed by atoms with Crippen LogP contribution in [0, 0.1) is 6.92 Å². The second-order valence-corrected chi connectivity index (χ2v) is 4.62. The van der Waals surface area contributed by atoms with Gasteiger partial charge in [-0.05, 0) is 19.4 Å². The quantitative estimate of drug-likeness (QED) is 0.846. The van der Waals surface area contributed by atoms with Crippen LogP contribution in [0.2, 0.25) is 0 Å². The minimum atomic E-state index is 0.161. The van der Waals surface area contributed by atoms with E-state index in [1.54, 1.807) is 19.0 Å². The van der Waals surface area contributed by atoms with E-state index in [9.17, 15) is 4.79 Å². The summed E-state index contributed by atoms with van der Waals surface area (Å²) in [6.07, 6.45) is 0.545. The molecule has 0 unspecified atom stereocenters. The van der Waals surface area contributed by atoms with Crippen LogP contribution in [0.1, 0.15) is 30.5 Å². The first-order valence-corrected chi connectivity index (χ1v) is 6.01. The maximum absolute atomic E-state index is 11.4. The third-order valence-electron chi connectivity index (χ3n) is 2.87. The molecule has 1 aromatic rings. The molecule has 0 bridgehead atoms. The molecule has 1 aromatic carbocycles. The van der Waals surface area contributed by atoms with Gasteiger partial charge in [0.25, 0.3) is 0 Å². The Hall–Kier alpha value is -1.35. The van der Waals surface area contributed by atoms with E-state index in [2.05, 4.69) is 43.4 Å². The normalized spacial score (nSPS) is 12.2. The molecule has 1 amide bonds. The van der Waals surface area contributed by atoms with Crippen molar-refractivity contribution >= 4 is 5.91 Å². The fourth-order valence-corrected chi connectivity index (χ4v) is 1.59. The van der Waals surface area contributed by atoms with Crippen LogP contribution in [0.5, 0.6) is 0 Å². The second-order valence-electron chi connectivity index (χ2n) is 4.62. The lowest BCUT2D eigenvalue weighted by molar-refractivity contribution is -0.128. The molecule has 0 aliphatic carbocycles. The summed E-state index contributed by atoms with van der Waals surface area (Å²) in [5, 5.41) is 3.36. The van der Waals surface area contributed by atoms with E-state index >= 15 is 0 Å². The smallest absolute Gasteiger partial charge is 0.223 e. The number of rotatable bonds is 5. The zero-order chi connectivity index (χ0) is 12.8. The maximum atomic E-state index is 11.4. The molecular formula is C14H22N2O. The van der Waals surface area contributed by atoms with Gasteiger partial charge in [-0.15, -0.1) is 0 Å². The van der Waals surface area contributed by atoms with Crippen molar-refractivity contribution in [2.45, 2.75) is 26.3 Å². The molecule has 3 nitrogen and oxygen atoms in total. The fourth-order valence-electron chi connectivity index (χ4n) is 1.59. The van der Waals surface area contributed by atoms with Crippen LogP contribution in [-0.4, -0.2) is 31.4 Å². The van der Waals surface area contributed by atoms with Crippen LogP contribution in [0.4, 0.5) is 0 Å². The molecule has 0 fully saturated rings. The predicted molar refractivity (Wildman–Crippen MR) is 70.9 cm³/mol. The monoisotopic (exact) mass is 234 g/mol. The van der Waals surface area contributed by atoms with Crippen LogP contribution in [0.3, 0.4) is 0 Å². The third kappa shape index (κ3) is 4.57. The average Bonchev–Trinajstić information content (AvgIpc) is 2.29. The van der Waals surface area contributed by atoms with Gasteiger partial charge in [0.05, 0.1) is 0 Å². The number of hydrogen-bond donors (Lipinski definition) is 1. The highest BCUT2D eigenvalue weighted by molar-refractivity contribution is 5.75. The summed E-state index contributed by atoms with van der Waals surface area (Å²) in [5.74, 6) is 0.161. The number of nitrogens with zero attached hydrogens (tertiary/aromatic N) is 1. The van der Waals surface area contributed by atoms with Gasteiger partial charge in [0.15, 0.2) is 0 Å². The predicted octanol–water partition coefficient (Wildman–Crippen LogP) is 2.12. The second kappa shape index (κ2) is 6.40. The summed E-state index contributed by atoms with van der Waals surface area (Å²) >= 11 is 0. The summed E-state index contributed by atoms with van der Waals surface area (Å²) < 4.78 is 0. The molecule has 0 saturated carbocycles. The average molecular weight is 234 g/mol. The number of carbonyl (C=O) groups excluding carboxylic acids is 1. The molecule has 17 heavy (non-hydrogen) atoms. The van der Waals surface area contributed by atoms with Crippen molar-refractivity contribution in [1.82, 2.24) is 10.2 Å². The highest BCUT2D eigenvalue weighted by Gasteiger charge is 2.07. The molecule has 1 rings (SSSR count). The summed E-state index contributed by atoms with van der Waals surface area (Å²) in [7, 11) is 3.57. The van der Waals surface area contributed by atoms with Gasteiger partial charge in [0.2, 0.25) is 5.91 Å². The summed E-state index contributed by atoms with van der Waals surface area (Å²) in [6, 6.07) is 8.75. The zero-order valence-electron chi connectivity index (χ0n) is 11.2. The van der Waals surface area contributed by atoms with Crippen molar-refractivity contribution in [1.29, 1.82) is 0 Å². The molecule has 0 aromatic heterocycles. The van der Waals surface area contributed by atoms with E-state index < -0.39 is 0 Å². The summed E-state index contributed by atoms with van der Waals surface area (Å²) in [6.45, 7) is 4.91. The first-order chi connectivity index (χ1) is 8.00. The number of amides is 1. The lowest BCUT2D eigenvalue weighted by atomic mass is 10.1. The van der Waals surface area contributed by atoms with Crippen molar-refractivity contribution in [3.63, 3.8) is 0 Å². The molecule has 1 atom stereocenters. The lowest BCUT2D eigenvalue weighted by Gasteiger charge is -2.15. The number of carbonyl (C=O) groups is 1. The Morgan fingerprint density at radius 1 is 1.29 bits per heavy atom. The summed E-state index contributed by atoms with van der Waals surface area (Å²) in [4.78, 5) is 13.0. The lowest BCUT2D eigenvalue weighted by Crippen LogP contribution is -2.28. The van der Waals surface area contributed by atoms with E-state index in [1.807, 2.05) is 0 Å². The number of hydrogen-bond acceptors (Lipinski definition) is 2. The molecule has 0 aliphatic rings. The molecule has 0 heterocycles. The van der Waals surface area contributed by atoms with Gasteiger partial charge in [0.1, 0.15) is 0 Å². The highest BCUT2D eigenvalue weighted by atomic mass is 16.2. The Balaban J connectivity index is 2.37. The molecule has 0 spiro atoms. The van der Waals surface area contributed by atoms with Crippen LogP contribution in [-0.2, 0) is 4.79 Å². The Kier molecular flexibility index (Phi) is 5.16. The van der Waals surface area contributed by atoms with Crippen LogP contribution in [0.25, 0.3) is 0 Å². The van der Waals surface area contributed by atoms with Crippen LogP contribution < -0.4 is 5.32 Å². The molecule has 0 aliphatic heterocycles. The van der Waals surface area contributed by atoms with Gasteiger partial charge in [-0.25, -0.2) is 0 Å². The van der Waals surface area contributed by atoms with Gasteiger partial charge in [-0.1, -0.05) is 29.8 Å². The number of benzene rings is 1. The van der Waals surface area contributed by atoms with Gasteiger partial charge in [0, 0.05) is 33.1 Å². The van der Waals surface area contributed by atoms with Gasteiger partial charge < -0.3 is 10.2 Å². The fraction of sp³-hybridized carbons (Fsp3) is 0.500. The van der Waals surface area contributed by atoms with E-state index in [-0.39, 0.29) is 11.9 Å². The molecule has 0 radical (unpaired) electrons. The Morgan fingerprint density at radius 3 is 2.41 bits per heavy atom. The standard InChI is InChI=1S/C14H22N2O/c1-11-5-7-13(8-6-11)12(2)15-10-9-14(17)16(3)4/h5-8,12,15H,9-10H2,1-4H3/t12-/m1/s1. The minimum absolute atomic E-state index is 0.161. The molecule has 1 N–H and O–H groups in total. The van der Waals surface area contributed by atoms with Crippen molar-refractivity contribution in [3.05, 3.63) is 35.4 Å². The topological polar surface area (TPSA) is 32.3 Å². The first kappa shape index (κ1) is 13.7. The zero-order valence-corrected chi connectivity index (χ0v) is 11.2. The van der Waals surface area contributed by atoms with E-state index in [4.69, 9.17) is 0 Å². The Morgan fingerprint density at radius 2 is 1.88 bits per heavy atom. The van der Waals surface area contributed by atoms with E-state index in [0.717, 1.165) is 0 Å². The first-order valence-electron chi connectivity index (χ1n) is 6.01. The Labute approximate surface area is 104 Å². The number of nitrogens with one attached hydrogen (secondary N) is 1. The number of aryl methyl sites for hydroxylation is 1. The Bertz CT molecular complexity index is 357. The van der Waals surface area contributed by atoms with E-state index in [1.165, 1.54) is 11.1 Å². The van der Waals surface area contributed by atoms with Gasteiger partial charge >= 0.3 is 0 Å².